The predicted octanol–water partition coefficient (Wildman–Crippen LogP) is 4.15. The van der Waals surface area contributed by atoms with Gasteiger partial charge in [0, 0.05) is 38.5 Å². The number of carbonyl (C=O) groups is 1. The number of carbonyl (C=O) groups excluding carboxylic acids is 1. The standard InChI is InChI=1S/C22H22FN3O2/c1-14(27)16-6-5-7-17(11-16)20-19(28-4)9-8-18(21(20)23)10-15-12-24-22(25-13-15)26(2)3/h5-9,11-13H,10H2,1-4H3. The minimum Gasteiger partial charge on any atom is -0.496 e. The monoisotopic (exact) mass is 379 g/mol. The number of ether oxygens (including phenoxy) is 1. The van der Waals surface area contributed by atoms with E-state index in [4.69, 9.17) is 4.74 Å². The number of halogens is 1. The summed E-state index contributed by atoms with van der Waals surface area (Å²) in [5.74, 6) is 0.564. The maximum absolute atomic E-state index is 15.4. The van der Waals surface area contributed by atoms with Crippen molar-refractivity contribution in [2.75, 3.05) is 26.1 Å². The maximum Gasteiger partial charge on any atom is 0.224 e. The van der Waals surface area contributed by atoms with E-state index in [2.05, 4.69) is 9.97 Å². The zero-order valence-electron chi connectivity index (χ0n) is 16.4. The van der Waals surface area contributed by atoms with Gasteiger partial charge in [-0.05, 0) is 35.7 Å². The molecule has 0 N–H and O–H groups in total. The van der Waals surface area contributed by atoms with Crippen molar-refractivity contribution in [3.8, 4) is 16.9 Å². The third-order valence-electron chi connectivity index (χ3n) is 4.45. The fraction of sp³-hybridized carbons (Fsp3) is 0.227. The summed E-state index contributed by atoms with van der Waals surface area (Å²) in [5.41, 5.74) is 2.78. The minimum absolute atomic E-state index is 0.0736. The molecule has 0 amide bonds. The first kappa shape index (κ1) is 19.5. The molecule has 3 aromatic rings. The van der Waals surface area contributed by atoms with E-state index < -0.39 is 0 Å². The highest BCUT2D eigenvalue weighted by Gasteiger charge is 2.17. The van der Waals surface area contributed by atoms with Crippen LogP contribution < -0.4 is 9.64 Å². The van der Waals surface area contributed by atoms with E-state index in [1.165, 1.54) is 14.0 Å². The van der Waals surface area contributed by atoms with Gasteiger partial charge in [-0.2, -0.15) is 0 Å². The summed E-state index contributed by atoms with van der Waals surface area (Å²) in [6.07, 6.45) is 3.74. The lowest BCUT2D eigenvalue weighted by atomic mass is 9.96. The Morgan fingerprint density at radius 1 is 1.14 bits per heavy atom. The summed E-state index contributed by atoms with van der Waals surface area (Å²) in [5, 5.41) is 0. The Morgan fingerprint density at radius 2 is 1.86 bits per heavy atom. The molecule has 0 aliphatic heterocycles. The number of anilines is 1. The Balaban J connectivity index is 2.02. The van der Waals surface area contributed by atoms with E-state index in [9.17, 15) is 4.79 Å². The lowest BCUT2D eigenvalue weighted by Crippen LogP contribution is -2.12. The molecule has 2 aromatic carbocycles. The highest BCUT2D eigenvalue weighted by Crippen LogP contribution is 2.35. The molecule has 0 unspecified atom stereocenters. The van der Waals surface area contributed by atoms with Crippen molar-refractivity contribution < 1.29 is 13.9 Å². The van der Waals surface area contributed by atoms with Crippen molar-refractivity contribution in [1.82, 2.24) is 9.97 Å². The van der Waals surface area contributed by atoms with Crippen LogP contribution in [0.25, 0.3) is 11.1 Å². The second-order valence-electron chi connectivity index (χ2n) is 6.72. The molecule has 6 heteroatoms. The lowest BCUT2D eigenvalue weighted by Gasteiger charge is -2.14. The average Bonchev–Trinajstić information content (AvgIpc) is 2.69. The molecule has 0 aliphatic carbocycles. The SMILES string of the molecule is COc1ccc(Cc2cnc(N(C)C)nc2)c(F)c1-c1cccc(C(C)=O)c1. The van der Waals surface area contributed by atoms with E-state index >= 15 is 4.39 Å². The van der Waals surface area contributed by atoms with E-state index in [0.29, 0.717) is 40.4 Å². The molecule has 0 saturated heterocycles. The zero-order chi connectivity index (χ0) is 20.3. The first-order valence-corrected chi connectivity index (χ1v) is 8.85. The number of ketones is 1. The van der Waals surface area contributed by atoms with Gasteiger partial charge in [-0.25, -0.2) is 14.4 Å². The summed E-state index contributed by atoms with van der Waals surface area (Å²) >= 11 is 0. The largest absolute Gasteiger partial charge is 0.496 e. The molecule has 0 fully saturated rings. The number of nitrogens with zero attached hydrogens (tertiary/aromatic N) is 3. The van der Waals surface area contributed by atoms with Crippen LogP contribution in [0.4, 0.5) is 10.3 Å². The Labute approximate surface area is 163 Å². The molecule has 0 aliphatic rings. The van der Waals surface area contributed by atoms with Crippen molar-refractivity contribution in [3.05, 3.63) is 71.3 Å². The fourth-order valence-electron chi connectivity index (χ4n) is 2.96. The van der Waals surface area contributed by atoms with Crippen LogP contribution >= 0.6 is 0 Å². The van der Waals surface area contributed by atoms with Gasteiger partial charge in [0.25, 0.3) is 0 Å². The Kier molecular flexibility index (Phi) is 5.68. The number of Topliss-reactive ketones (excluding diaryl/α,β-unsaturated/α-hetero) is 1. The maximum atomic E-state index is 15.4. The van der Waals surface area contributed by atoms with Crippen molar-refractivity contribution in [2.24, 2.45) is 0 Å². The molecule has 144 valence electrons. The number of methoxy groups -OCH3 is 1. The van der Waals surface area contributed by atoms with Crippen LogP contribution in [-0.4, -0.2) is 37.0 Å². The summed E-state index contributed by atoms with van der Waals surface area (Å²) in [6.45, 7) is 1.49. The molecular formula is C22H22FN3O2. The van der Waals surface area contributed by atoms with Crippen LogP contribution in [0.15, 0.2) is 48.8 Å². The molecule has 28 heavy (non-hydrogen) atoms. The van der Waals surface area contributed by atoms with Gasteiger partial charge in [0.05, 0.1) is 12.7 Å². The van der Waals surface area contributed by atoms with Crippen LogP contribution in [0.1, 0.15) is 28.4 Å². The molecule has 1 heterocycles. The zero-order valence-corrected chi connectivity index (χ0v) is 16.4. The molecular weight excluding hydrogens is 357 g/mol. The van der Waals surface area contributed by atoms with Crippen molar-refractivity contribution in [3.63, 3.8) is 0 Å². The Hall–Kier alpha value is -3.28. The predicted molar refractivity (Wildman–Crippen MR) is 108 cm³/mol. The van der Waals surface area contributed by atoms with E-state index in [0.717, 1.165) is 5.56 Å². The molecule has 0 saturated carbocycles. The van der Waals surface area contributed by atoms with Crippen molar-refractivity contribution in [1.29, 1.82) is 0 Å². The molecule has 1 aromatic heterocycles. The van der Waals surface area contributed by atoms with Crippen LogP contribution in [0, 0.1) is 5.82 Å². The normalized spacial score (nSPS) is 10.6. The van der Waals surface area contributed by atoms with E-state index in [1.807, 2.05) is 14.1 Å². The highest BCUT2D eigenvalue weighted by molar-refractivity contribution is 5.95. The van der Waals surface area contributed by atoms with E-state index in [-0.39, 0.29) is 11.6 Å². The fourth-order valence-corrected chi connectivity index (χ4v) is 2.96. The molecule has 0 spiro atoms. The van der Waals surface area contributed by atoms with Gasteiger partial charge >= 0.3 is 0 Å². The smallest absolute Gasteiger partial charge is 0.224 e. The summed E-state index contributed by atoms with van der Waals surface area (Å²) < 4.78 is 20.8. The second-order valence-corrected chi connectivity index (χ2v) is 6.72. The van der Waals surface area contributed by atoms with Crippen LogP contribution in [-0.2, 0) is 6.42 Å². The summed E-state index contributed by atoms with van der Waals surface area (Å²) in [7, 11) is 5.22. The van der Waals surface area contributed by atoms with Crippen LogP contribution in [0.5, 0.6) is 5.75 Å². The summed E-state index contributed by atoms with van der Waals surface area (Å²) in [6, 6.07) is 10.3. The third-order valence-corrected chi connectivity index (χ3v) is 4.45. The minimum atomic E-state index is -0.378. The van der Waals surface area contributed by atoms with Crippen molar-refractivity contribution in [2.45, 2.75) is 13.3 Å². The number of hydrogen-bond donors (Lipinski definition) is 0. The van der Waals surface area contributed by atoms with Gasteiger partial charge in [0.15, 0.2) is 5.78 Å². The lowest BCUT2D eigenvalue weighted by molar-refractivity contribution is 0.101. The number of aromatic nitrogens is 2. The van der Waals surface area contributed by atoms with Gasteiger partial charge < -0.3 is 9.64 Å². The molecule has 0 radical (unpaired) electrons. The first-order valence-electron chi connectivity index (χ1n) is 8.85. The van der Waals surface area contributed by atoms with Crippen molar-refractivity contribution >= 4 is 11.7 Å². The topological polar surface area (TPSA) is 55.3 Å². The van der Waals surface area contributed by atoms with Gasteiger partial charge in [-0.15, -0.1) is 0 Å². The molecule has 5 nitrogen and oxygen atoms in total. The van der Waals surface area contributed by atoms with Gasteiger partial charge in [-0.3, -0.25) is 4.79 Å². The molecule has 3 rings (SSSR count). The quantitative estimate of drug-likeness (QED) is 0.602. The highest BCUT2D eigenvalue weighted by atomic mass is 19.1. The van der Waals surface area contributed by atoms with Gasteiger partial charge in [-0.1, -0.05) is 24.3 Å². The average molecular weight is 379 g/mol. The number of hydrogen-bond acceptors (Lipinski definition) is 5. The number of rotatable bonds is 6. The van der Waals surface area contributed by atoms with Gasteiger partial charge in [0.2, 0.25) is 5.95 Å². The van der Waals surface area contributed by atoms with Gasteiger partial charge in [0.1, 0.15) is 11.6 Å². The van der Waals surface area contributed by atoms with Crippen LogP contribution in [0.3, 0.4) is 0 Å². The summed E-state index contributed by atoms with van der Waals surface area (Å²) in [4.78, 5) is 22.1. The first-order chi connectivity index (χ1) is 13.4. The second kappa shape index (κ2) is 8.17. The third kappa shape index (κ3) is 4.01. The molecule has 0 bridgehead atoms. The van der Waals surface area contributed by atoms with E-state index in [1.54, 1.807) is 53.7 Å². The van der Waals surface area contributed by atoms with Crippen LogP contribution in [0.2, 0.25) is 0 Å². The number of benzene rings is 2. The molecule has 0 atom stereocenters. The Bertz CT molecular complexity index is 1000. The Morgan fingerprint density at radius 3 is 2.46 bits per heavy atom.